The zero-order valence-corrected chi connectivity index (χ0v) is 22.7. The van der Waals surface area contributed by atoms with Crippen molar-refractivity contribution in [3.63, 3.8) is 0 Å². The Kier molecular flexibility index (Phi) is 10.6. The molecule has 1 heterocycles. The van der Waals surface area contributed by atoms with Crippen LogP contribution in [-0.2, 0) is 14.4 Å². The predicted octanol–water partition coefficient (Wildman–Crippen LogP) is 4.11. The van der Waals surface area contributed by atoms with E-state index < -0.39 is 42.1 Å². The van der Waals surface area contributed by atoms with Crippen LogP contribution in [0.1, 0.15) is 28.8 Å². The first-order valence-corrected chi connectivity index (χ1v) is 13.6. The van der Waals surface area contributed by atoms with Gasteiger partial charge in [0, 0.05) is 36.5 Å². The lowest BCUT2D eigenvalue weighted by atomic mass is 9.95. The summed E-state index contributed by atoms with van der Waals surface area (Å²) in [6, 6.07) is 7.50. The zero-order valence-electron chi connectivity index (χ0n) is 20.4. The topological polar surface area (TPSA) is 116 Å². The second-order valence-corrected chi connectivity index (χ2v) is 10.1. The van der Waals surface area contributed by atoms with Gasteiger partial charge in [-0.05, 0) is 48.9 Å². The van der Waals surface area contributed by atoms with Crippen LogP contribution in [0.5, 0.6) is 0 Å². The minimum atomic E-state index is -1.39. The van der Waals surface area contributed by atoms with Crippen LogP contribution in [0.2, 0.25) is 10.0 Å². The minimum Gasteiger partial charge on any atom is -0.480 e. The molecule has 8 nitrogen and oxygen atoms in total. The molecule has 1 saturated heterocycles. The van der Waals surface area contributed by atoms with E-state index in [9.17, 15) is 28.7 Å². The van der Waals surface area contributed by atoms with E-state index in [1.807, 2.05) is 12.3 Å². The summed E-state index contributed by atoms with van der Waals surface area (Å²) in [7, 11) is 0. The number of amides is 3. The highest BCUT2D eigenvalue weighted by molar-refractivity contribution is 7.98. The third-order valence-electron chi connectivity index (χ3n) is 6.08. The van der Waals surface area contributed by atoms with Gasteiger partial charge < -0.3 is 20.6 Å². The summed E-state index contributed by atoms with van der Waals surface area (Å²) in [5, 5.41) is 15.0. The quantitative estimate of drug-likeness (QED) is 0.303. The van der Waals surface area contributed by atoms with Crippen molar-refractivity contribution in [2.24, 2.45) is 5.92 Å². The number of hydrogen-bond donors (Lipinski definition) is 3. The number of aliphatic carboxylic acids is 1. The van der Waals surface area contributed by atoms with Gasteiger partial charge in [-0.1, -0.05) is 41.4 Å². The van der Waals surface area contributed by atoms with Crippen LogP contribution in [0.25, 0.3) is 6.08 Å². The molecule has 1 aliphatic heterocycles. The van der Waals surface area contributed by atoms with E-state index in [0.717, 1.165) is 11.0 Å². The number of carboxylic acid groups (broad SMARTS) is 1. The predicted molar refractivity (Wildman–Crippen MR) is 145 cm³/mol. The third kappa shape index (κ3) is 7.49. The van der Waals surface area contributed by atoms with Crippen LogP contribution in [0.15, 0.2) is 47.4 Å². The normalized spacial score (nSPS) is 14.8. The molecule has 12 heteroatoms. The van der Waals surface area contributed by atoms with Crippen LogP contribution >= 0.6 is 35.0 Å². The fourth-order valence-electron chi connectivity index (χ4n) is 3.89. The molecule has 0 aliphatic carbocycles. The van der Waals surface area contributed by atoms with E-state index in [4.69, 9.17) is 23.2 Å². The van der Waals surface area contributed by atoms with E-state index >= 15 is 0 Å². The van der Waals surface area contributed by atoms with E-state index in [1.54, 1.807) is 17.0 Å². The molecule has 1 aliphatic rings. The van der Waals surface area contributed by atoms with Gasteiger partial charge in [-0.3, -0.25) is 14.4 Å². The van der Waals surface area contributed by atoms with E-state index in [1.165, 1.54) is 36.0 Å². The molecule has 0 saturated carbocycles. The first-order chi connectivity index (χ1) is 18.1. The Hall–Kier alpha value is -3.08. The highest BCUT2D eigenvalue weighted by atomic mass is 35.5. The van der Waals surface area contributed by atoms with Crippen molar-refractivity contribution < 1.29 is 28.7 Å². The molecule has 2 aromatic rings. The molecule has 3 N–H and O–H groups in total. The number of nitrogens with one attached hydrogen (secondary N) is 2. The number of rotatable bonds is 9. The molecule has 0 aromatic heterocycles. The molecule has 0 unspecified atom stereocenters. The molecule has 0 spiro atoms. The number of carboxylic acids is 1. The van der Waals surface area contributed by atoms with E-state index in [2.05, 4.69) is 10.6 Å². The average molecular weight is 582 g/mol. The number of carbonyl (C=O) groups excluding carboxylic acids is 3. The molecule has 38 heavy (non-hydrogen) atoms. The van der Waals surface area contributed by atoms with Gasteiger partial charge in [0.25, 0.3) is 5.91 Å². The van der Waals surface area contributed by atoms with E-state index in [-0.39, 0.29) is 11.5 Å². The van der Waals surface area contributed by atoms with Crippen LogP contribution in [0.4, 0.5) is 4.39 Å². The Morgan fingerprint density at radius 3 is 2.45 bits per heavy atom. The monoisotopic (exact) mass is 581 g/mol. The summed E-state index contributed by atoms with van der Waals surface area (Å²) >= 11 is 14.0. The lowest BCUT2D eigenvalue weighted by molar-refractivity contribution is -0.142. The maximum Gasteiger partial charge on any atom is 0.328 e. The molecule has 2 aromatic carbocycles. The second-order valence-electron chi connectivity index (χ2n) is 8.51. The first kappa shape index (κ1) is 29.5. The minimum absolute atomic E-state index is 0.226. The van der Waals surface area contributed by atoms with Gasteiger partial charge in [0.15, 0.2) is 0 Å². The van der Waals surface area contributed by atoms with Gasteiger partial charge >= 0.3 is 5.97 Å². The molecule has 3 rings (SSSR count). The lowest BCUT2D eigenvalue weighted by Gasteiger charge is -2.31. The van der Waals surface area contributed by atoms with Crippen molar-refractivity contribution in [1.82, 2.24) is 15.5 Å². The lowest BCUT2D eigenvalue weighted by Crippen LogP contribution is -2.51. The van der Waals surface area contributed by atoms with Crippen molar-refractivity contribution in [1.29, 1.82) is 0 Å². The third-order valence-corrected chi connectivity index (χ3v) is 7.87. The molecular weight excluding hydrogens is 556 g/mol. The average Bonchev–Trinajstić information content (AvgIpc) is 2.91. The summed E-state index contributed by atoms with van der Waals surface area (Å²) in [5.41, 5.74) is 0.385. The molecule has 202 valence electrons. The van der Waals surface area contributed by atoms with Crippen LogP contribution in [0, 0.1) is 11.7 Å². The number of likely N-dealkylation sites (tertiary alicyclic amines) is 1. The highest BCUT2D eigenvalue weighted by Crippen LogP contribution is 2.35. The Labute approximate surface area is 233 Å². The zero-order chi connectivity index (χ0) is 27.8. The number of nitrogens with zero attached hydrogens (tertiary/aromatic N) is 1. The van der Waals surface area contributed by atoms with Gasteiger partial charge in [-0.2, -0.15) is 0 Å². The first-order valence-electron chi connectivity index (χ1n) is 11.7. The Morgan fingerprint density at radius 2 is 1.82 bits per heavy atom. The van der Waals surface area contributed by atoms with Gasteiger partial charge in [0.05, 0.1) is 15.6 Å². The number of piperidine rings is 1. The van der Waals surface area contributed by atoms with Crippen LogP contribution in [-0.4, -0.2) is 65.6 Å². The van der Waals surface area contributed by atoms with Crippen molar-refractivity contribution in [2.45, 2.75) is 23.8 Å². The summed E-state index contributed by atoms with van der Waals surface area (Å²) in [5.74, 6) is -4.10. The summed E-state index contributed by atoms with van der Waals surface area (Å²) in [6.07, 6.45) is 5.55. The van der Waals surface area contributed by atoms with Gasteiger partial charge in [-0.25, -0.2) is 9.18 Å². The highest BCUT2D eigenvalue weighted by Gasteiger charge is 2.30. The number of benzene rings is 2. The van der Waals surface area contributed by atoms with Gasteiger partial charge in [0.2, 0.25) is 11.8 Å². The molecule has 1 atom stereocenters. The summed E-state index contributed by atoms with van der Waals surface area (Å²) < 4.78 is 13.8. The van der Waals surface area contributed by atoms with Crippen LogP contribution in [0.3, 0.4) is 0 Å². The van der Waals surface area contributed by atoms with Crippen molar-refractivity contribution >= 4 is 64.7 Å². The number of carbonyl (C=O) groups is 4. The maximum atomic E-state index is 13.8. The fraction of sp³-hybridized carbons (Fsp3) is 0.308. The molecule has 1 fully saturated rings. The van der Waals surface area contributed by atoms with Crippen molar-refractivity contribution in [3.8, 4) is 0 Å². The SMILES string of the molecule is CSc1ccc(/C=C/C(=O)N2CCC(C(=O)N[C@@H](CNC(=O)c3ccccc3F)C(=O)O)CC2)c(Cl)c1Cl. The van der Waals surface area contributed by atoms with Crippen molar-refractivity contribution in [3.05, 3.63) is 69.5 Å². The van der Waals surface area contributed by atoms with Gasteiger partial charge in [0.1, 0.15) is 11.9 Å². The molecule has 0 radical (unpaired) electrons. The smallest absolute Gasteiger partial charge is 0.328 e. The molecule has 0 bridgehead atoms. The van der Waals surface area contributed by atoms with Crippen LogP contribution < -0.4 is 10.6 Å². The molecular formula is C26H26Cl2FN3O5S. The largest absolute Gasteiger partial charge is 0.480 e. The van der Waals surface area contributed by atoms with Crippen molar-refractivity contribution in [2.75, 3.05) is 25.9 Å². The number of hydrogen-bond acceptors (Lipinski definition) is 5. The fourth-order valence-corrected chi connectivity index (χ4v) is 5.06. The van der Waals surface area contributed by atoms with Gasteiger partial charge in [-0.15, -0.1) is 11.8 Å². The Morgan fingerprint density at radius 1 is 1.13 bits per heavy atom. The number of halogens is 3. The molecule has 3 amide bonds. The standard InChI is InChI=1S/C26H26Cl2FN3O5S/c1-38-20-8-6-15(22(27)23(20)28)7-9-21(33)32-12-10-16(11-13-32)24(34)31-19(26(36)37)14-30-25(35)17-4-2-3-5-18(17)29/h2-9,16,19H,10-14H2,1H3,(H,30,35)(H,31,34)(H,36,37)/b9-7+/t19-/m0/s1. The van der Waals surface area contributed by atoms with E-state index in [0.29, 0.717) is 41.5 Å². The summed E-state index contributed by atoms with van der Waals surface area (Å²) in [6.45, 7) is 0.201. The Bertz CT molecular complexity index is 1250. The summed E-state index contributed by atoms with van der Waals surface area (Å²) in [4.78, 5) is 51.6. The number of thioether (sulfide) groups is 1. The second kappa shape index (κ2) is 13.6. The Balaban J connectivity index is 1.51. The maximum absolute atomic E-state index is 13.8.